The third-order valence-electron chi connectivity index (χ3n) is 2.55. The van der Waals surface area contributed by atoms with Crippen LogP contribution in [-0.4, -0.2) is 12.4 Å². The molecule has 0 bridgehead atoms. The van der Waals surface area contributed by atoms with Crippen molar-refractivity contribution >= 4 is 15.9 Å². The Kier molecular flexibility index (Phi) is 3.99. The summed E-state index contributed by atoms with van der Waals surface area (Å²) in [6.07, 6.45) is 0. The number of ether oxygens (including phenoxy) is 1. The standard InChI is InChI=1S/C12H17BrO/c1-8-6-12(14-4)9(2)5-11(8)10(3)7-13/h5-6,10H,7H2,1-4H3. The van der Waals surface area contributed by atoms with Crippen molar-refractivity contribution in [1.29, 1.82) is 0 Å². The van der Waals surface area contributed by atoms with Gasteiger partial charge in [-0.3, -0.25) is 0 Å². The van der Waals surface area contributed by atoms with Crippen LogP contribution in [0.2, 0.25) is 0 Å². The number of benzene rings is 1. The van der Waals surface area contributed by atoms with Gasteiger partial charge in [-0.25, -0.2) is 0 Å². The van der Waals surface area contributed by atoms with Crippen LogP contribution in [0.5, 0.6) is 5.75 Å². The van der Waals surface area contributed by atoms with E-state index in [0.717, 1.165) is 11.1 Å². The molecule has 1 aromatic carbocycles. The fourth-order valence-electron chi connectivity index (χ4n) is 1.65. The third-order valence-corrected chi connectivity index (χ3v) is 3.52. The number of aryl methyl sites for hydroxylation is 2. The van der Waals surface area contributed by atoms with E-state index < -0.39 is 0 Å². The van der Waals surface area contributed by atoms with E-state index in [2.05, 4.69) is 48.8 Å². The van der Waals surface area contributed by atoms with Crippen molar-refractivity contribution < 1.29 is 4.74 Å². The Morgan fingerprint density at radius 1 is 1.29 bits per heavy atom. The van der Waals surface area contributed by atoms with Crippen molar-refractivity contribution in [2.45, 2.75) is 26.7 Å². The van der Waals surface area contributed by atoms with E-state index in [1.807, 2.05) is 0 Å². The molecule has 0 aliphatic heterocycles. The molecule has 0 saturated carbocycles. The first-order valence-corrected chi connectivity index (χ1v) is 5.93. The topological polar surface area (TPSA) is 9.23 Å². The Balaban J connectivity index is 3.14. The summed E-state index contributed by atoms with van der Waals surface area (Å²) >= 11 is 3.51. The first-order valence-electron chi connectivity index (χ1n) is 4.81. The van der Waals surface area contributed by atoms with E-state index in [9.17, 15) is 0 Å². The summed E-state index contributed by atoms with van der Waals surface area (Å²) in [7, 11) is 1.72. The van der Waals surface area contributed by atoms with Gasteiger partial charge in [0.1, 0.15) is 5.75 Å². The molecule has 0 amide bonds. The summed E-state index contributed by atoms with van der Waals surface area (Å²) in [5, 5.41) is 1.000. The molecule has 0 heterocycles. The molecule has 0 radical (unpaired) electrons. The van der Waals surface area contributed by atoms with E-state index in [4.69, 9.17) is 4.74 Å². The highest BCUT2D eigenvalue weighted by Crippen LogP contribution is 2.28. The molecule has 2 heteroatoms. The summed E-state index contributed by atoms with van der Waals surface area (Å²) in [6.45, 7) is 6.45. The predicted octanol–water partition coefficient (Wildman–Crippen LogP) is 3.81. The average molecular weight is 257 g/mol. The molecule has 0 aliphatic carbocycles. The molecule has 1 unspecified atom stereocenters. The Morgan fingerprint density at radius 3 is 2.43 bits per heavy atom. The second-order valence-corrected chi connectivity index (χ2v) is 4.38. The number of methoxy groups -OCH3 is 1. The zero-order valence-corrected chi connectivity index (χ0v) is 10.8. The zero-order valence-electron chi connectivity index (χ0n) is 9.23. The van der Waals surface area contributed by atoms with Gasteiger partial charge in [0.05, 0.1) is 7.11 Å². The lowest BCUT2D eigenvalue weighted by Crippen LogP contribution is -2.00. The Bertz CT molecular complexity index is 320. The van der Waals surface area contributed by atoms with Gasteiger partial charge in [0, 0.05) is 5.33 Å². The van der Waals surface area contributed by atoms with Crippen molar-refractivity contribution in [3.63, 3.8) is 0 Å². The summed E-state index contributed by atoms with van der Waals surface area (Å²) in [5.74, 6) is 1.53. The minimum absolute atomic E-state index is 0.555. The highest BCUT2D eigenvalue weighted by Gasteiger charge is 2.09. The third kappa shape index (κ3) is 2.30. The van der Waals surface area contributed by atoms with E-state index in [1.165, 1.54) is 16.7 Å². The van der Waals surface area contributed by atoms with Gasteiger partial charge in [-0.2, -0.15) is 0 Å². The molecule has 1 aromatic rings. The largest absolute Gasteiger partial charge is 0.496 e. The molecule has 1 atom stereocenters. The molecule has 0 saturated heterocycles. The maximum atomic E-state index is 5.28. The van der Waals surface area contributed by atoms with Crippen molar-refractivity contribution in [2.24, 2.45) is 0 Å². The van der Waals surface area contributed by atoms with Crippen LogP contribution in [-0.2, 0) is 0 Å². The van der Waals surface area contributed by atoms with E-state index in [0.29, 0.717) is 5.92 Å². The van der Waals surface area contributed by atoms with Crippen molar-refractivity contribution in [1.82, 2.24) is 0 Å². The van der Waals surface area contributed by atoms with Gasteiger partial charge >= 0.3 is 0 Å². The van der Waals surface area contributed by atoms with Gasteiger partial charge < -0.3 is 4.74 Å². The SMILES string of the molecule is COc1cc(C)c(C(C)CBr)cc1C. The maximum absolute atomic E-state index is 5.28. The normalized spacial score (nSPS) is 12.6. The van der Waals surface area contributed by atoms with Crippen LogP contribution in [0, 0.1) is 13.8 Å². The van der Waals surface area contributed by atoms with Crippen LogP contribution in [0.4, 0.5) is 0 Å². The lowest BCUT2D eigenvalue weighted by atomic mass is 9.95. The number of hydrogen-bond donors (Lipinski definition) is 0. The quantitative estimate of drug-likeness (QED) is 0.748. The smallest absolute Gasteiger partial charge is 0.122 e. The molecule has 0 spiro atoms. The minimum Gasteiger partial charge on any atom is -0.496 e. The molecule has 1 rings (SSSR count). The number of hydrogen-bond acceptors (Lipinski definition) is 1. The summed E-state index contributed by atoms with van der Waals surface area (Å²) in [4.78, 5) is 0. The molecule has 0 fully saturated rings. The zero-order chi connectivity index (χ0) is 10.7. The first kappa shape index (κ1) is 11.6. The molecular weight excluding hydrogens is 240 g/mol. The summed E-state index contributed by atoms with van der Waals surface area (Å²) in [6, 6.07) is 4.34. The Labute approximate surface area is 94.6 Å². The number of halogens is 1. The molecule has 0 aliphatic rings. The molecule has 0 aromatic heterocycles. The summed E-state index contributed by atoms with van der Waals surface area (Å²) in [5.41, 5.74) is 3.92. The lowest BCUT2D eigenvalue weighted by molar-refractivity contribution is 0.411. The Hall–Kier alpha value is -0.500. The molecule has 14 heavy (non-hydrogen) atoms. The monoisotopic (exact) mass is 256 g/mol. The molecule has 1 nitrogen and oxygen atoms in total. The second-order valence-electron chi connectivity index (χ2n) is 3.73. The lowest BCUT2D eigenvalue weighted by Gasteiger charge is -2.15. The fourth-order valence-corrected chi connectivity index (χ4v) is 1.99. The van der Waals surface area contributed by atoms with Crippen LogP contribution in [0.25, 0.3) is 0 Å². The first-order chi connectivity index (χ1) is 6.60. The number of alkyl halides is 1. The second kappa shape index (κ2) is 4.83. The van der Waals surface area contributed by atoms with Crippen LogP contribution < -0.4 is 4.74 Å². The van der Waals surface area contributed by atoms with Crippen LogP contribution >= 0.6 is 15.9 Å². The van der Waals surface area contributed by atoms with Crippen LogP contribution in [0.3, 0.4) is 0 Å². The molecular formula is C12H17BrO. The van der Waals surface area contributed by atoms with Gasteiger partial charge in [0.2, 0.25) is 0 Å². The van der Waals surface area contributed by atoms with Crippen LogP contribution in [0.15, 0.2) is 12.1 Å². The van der Waals surface area contributed by atoms with Gasteiger partial charge in [0.15, 0.2) is 0 Å². The van der Waals surface area contributed by atoms with Crippen molar-refractivity contribution in [3.05, 3.63) is 28.8 Å². The van der Waals surface area contributed by atoms with Gasteiger partial charge in [-0.1, -0.05) is 28.9 Å². The Morgan fingerprint density at radius 2 is 1.93 bits per heavy atom. The highest BCUT2D eigenvalue weighted by atomic mass is 79.9. The van der Waals surface area contributed by atoms with Gasteiger partial charge in [-0.15, -0.1) is 0 Å². The minimum atomic E-state index is 0.555. The fraction of sp³-hybridized carbons (Fsp3) is 0.500. The van der Waals surface area contributed by atoms with Gasteiger partial charge in [0.25, 0.3) is 0 Å². The molecule has 0 N–H and O–H groups in total. The van der Waals surface area contributed by atoms with Crippen LogP contribution in [0.1, 0.15) is 29.5 Å². The van der Waals surface area contributed by atoms with Gasteiger partial charge in [-0.05, 0) is 42.5 Å². The highest BCUT2D eigenvalue weighted by molar-refractivity contribution is 9.09. The maximum Gasteiger partial charge on any atom is 0.122 e. The van der Waals surface area contributed by atoms with Crippen molar-refractivity contribution in [2.75, 3.05) is 12.4 Å². The molecule has 78 valence electrons. The van der Waals surface area contributed by atoms with Crippen molar-refractivity contribution in [3.8, 4) is 5.75 Å². The summed E-state index contributed by atoms with van der Waals surface area (Å²) < 4.78 is 5.28. The van der Waals surface area contributed by atoms with E-state index >= 15 is 0 Å². The number of rotatable bonds is 3. The predicted molar refractivity (Wildman–Crippen MR) is 64.7 cm³/mol. The van der Waals surface area contributed by atoms with E-state index in [-0.39, 0.29) is 0 Å². The average Bonchev–Trinajstić information content (AvgIpc) is 2.19. The van der Waals surface area contributed by atoms with E-state index in [1.54, 1.807) is 7.11 Å².